The molecule has 0 bridgehead atoms. The average Bonchev–Trinajstić information content (AvgIpc) is 2.21. The molecule has 1 saturated heterocycles. The van der Waals surface area contributed by atoms with Crippen LogP contribution in [0.3, 0.4) is 0 Å². The van der Waals surface area contributed by atoms with Gasteiger partial charge in [0.05, 0.1) is 12.2 Å². The van der Waals surface area contributed by atoms with E-state index in [4.69, 9.17) is 5.73 Å². The molecule has 2 aliphatic rings. The zero-order chi connectivity index (χ0) is 10.8. The maximum absolute atomic E-state index is 9.62. The fourth-order valence-corrected chi connectivity index (χ4v) is 2.99. The third kappa shape index (κ3) is 2.50. The minimum atomic E-state index is -0.546. The summed E-state index contributed by atoms with van der Waals surface area (Å²) in [4.78, 5) is 0. The summed E-state index contributed by atoms with van der Waals surface area (Å²) in [7, 11) is 0. The van der Waals surface area contributed by atoms with Crippen molar-refractivity contribution in [1.82, 2.24) is 5.32 Å². The summed E-state index contributed by atoms with van der Waals surface area (Å²) in [5, 5.41) is 22.8. The molecule has 1 aliphatic heterocycles. The number of hydrogen-bond acceptors (Lipinski definition) is 4. The van der Waals surface area contributed by atoms with Crippen LogP contribution in [0.25, 0.3) is 0 Å². The van der Waals surface area contributed by atoms with Crippen molar-refractivity contribution >= 4 is 0 Å². The van der Waals surface area contributed by atoms with Gasteiger partial charge >= 0.3 is 0 Å². The van der Waals surface area contributed by atoms with E-state index in [0.29, 0.717) is 24.4 Å². The molecule has 1 aliphatic carbocycles. The van der Waals surface area contributed by atoms with Crippen LogP contribution in [0.4, 0.5) is 0 Å². The van der Waals surface area contributed by atoms with Gasteiger partial charge in [-0.3, -0.25) is 0 Å². The van der Waals surface area contributed by atoms with Gasteiger partial charge in [0.2, 0.25) is 0 Å². The van der Waals surface area contributed by atoms with Gasteiger partial charge in [-0.05, 0) is 44.6 Å². The van der Waals surface area contributed by atoms with Crippen LogP contribution in [0.5, 0.6) is 0 Å². The number of aliphatic hydroxyl groups is 2. The molecule has 5 N–H and O–H groups in total. The third-order valence-corrected chi connectivity index (χ3v) is 3.90. The van der Waals surface area contributed by atoms with Crippen molar-refractivity contribution in [2.75, 3.05) is 6.54 Å². The van der Waals surface area contributed by atoms with E-state index in [1.165, 1.54) is 0 Å². The average molecular weight is 214 g/mol. The van der Waals surface area contributed by atoms with Crippen molar-refractivity contribution in [2.24, 2.45) is 11.7 Å². The summed E-state index contributed by atoms with van der Waals surface area (Å²) < 4.78 is 0. The minimum absolute atomic E-state index is 0.383. The molecular formula is C11H22N2O2. The fraction of sp³-hybridized carbons (Fsp3) is 1.00. The molecule has 15 heavy (non-hydrogen) atoms. The van der Waals surface area contributed by atoms with Crippen LogP contribution in [-0.2, 0) is 0 Å². The Bertz CT molecular complexity index is 213. The molecule has 0 aromatic carbocycles. The molecule has 0 radical (unpaired) electrons. The van der Waals surface area contributed by atoms with Crippen molar-refractivity contribution < 1.29 is 10.2 Å². The highest BCUT2D eigenvalue weighted by Gasteiger charge is 2.38. The van der Waals surface area contributed by atoms with E-state index in [0.717, 1.165) is 32.2 Å². The Labute approximate surface area is 90.9 Å². The van der Waals surface area contributed by atoms with Gasteiger partial charge in [-0.15, -0.1) is 0 Å². The van der Waals surface area contributed by atoms with Gasteiger partial charge in [0.15, 0.2) is 0 Å². The molecule has 2 rings (SSSR count). The van der Waals surface area contributed by atoms with E-state index < -0.39 is 12.2 Å². The summed E-state index contributed by atoms with van der Waals surface area (Å²) in [6, 6.07) is 0.896. The molecule has 0 amide bonds. The molecule has 1 saturated carbocycles. The van der Waals surface area contributed by atoms with Gasteiger partial charge < -0.3 is 21.3 Å². The monoisotopic (exact) mass is 214 g/mol. The van der Waals surface area contributed by atoms with Crippen LogP contribution in [0, 0.1) is 5.92 Å². The van der Waals surface area contributed by atoms with Crippen molar-refractivity contribution in [3.8, 4) is 0 Å². The van der Waals surface area contributed by atoms with Gasteiger partial charge in [0, 0.05) is 12.1 Å². The van der Waals surface area contributed by atoms with Crippen LogP contribution in [0.1, 0.15) is 32.1 Å². The zero-order valence-electron chi connectivity index (χ0n) is 9.10. The first-order valence-electron chi connectivity index (χ1n) is 6.03. The second-order valence-corrected chi connectivity index (χ2v) is 4.99. The second-order valence-electron chi connectivity index (χ2n) is 4.99. The SMILES string of the molecule is NCCC1CCC2CC(O)C(O)CC2N1. The number of nitrogens with one attached hydrogen (secondary N) is 1. The molecule has 2 fully saturated rings. The number of nitrogens with two attached hydrogens (primary N) is 1. The van der Waals surface area contributed by atoms with E-state index in [9.17, 15) is 10.2 Å². The van der Waals surface area contributed by atoms with E-state index >= 15 is 0 Å². The summed E-state index contributed by atoms with van der Waals surface area (Å²) in [6.45, 7) is 0.722. The quantitative estimate of drug-likeness (QED) is 0.504. The van der Waals surface area contributed by atoms with E-state index in [-0.39, 0.29) is 0 Å². The molecule has 5 atom stereocenters. The number of rotatable bonds is 2. The minimum Gasteiger partial charge on any atom is -0.390 e. The van der Waals surface area contributed by atoms with Crippen molar-refractivity contribution in [2.45, 2.75) is 56.4 Å². The Hall–Kier alpha value is -0.160. The number of fused-ring (bicyclic) bond motifs is 1. The summed E-state index contributed by atoms with van der Waals surface area (Å²) in [5.74, 6) is 0.539. The largest absolute Gasteiger partial charge is 0.390 e. The van der Waals surface area contributed by atoms with Crippen molar-refractivity contribution in [1.29, 1.82) is 0 Å². The highest BCUT2D eigenvalue weighted by molar-refractivity contribution is 4.94. The smallest absolute Gasteiger partial charge is 0.0814 e. The maximum atomic E-state index is 9.62. The van der Waals surface area contributed by atoms with E-state index in [1.54, 1.807) is 0 Å². The predicted molar refractivity (Wildman–Crippen MR) is 58.4 cm³/mol. The fourth-order valence-electron chi connectivity index (χ4n) is 2.99. The van der Waals surface area contributed by atoms with Gasteiger partial charge in [-0.1, -0.05) is 0 Å². The van der Waals surface area contributed by atoms with Crippen LogP contribution in [0.2, 0.25) is 0 Å². The molecule has 0 spiro atoms. The van der Waals surface area contributed by atoms with E-state index in [2.05, 4.69) is 5.32 Å². The summed E-state index contributed by atoms with van der Waals surface area (Å²) in [5.41, 5.74) is 5.55. The molecule has 4 nitrogen and oxygen atoms in total. The molecule has 5 unspecified atom stereocenters. The standard InChI is InChI=1S/C11H22N2O2/c12-4-3-8-2-1-7-5-10(14)11(15)6-9(7)13-8/h7-11,13-15H,1-6,12H2. The first kappa shape index (κ1) is 11.3. The van der Waals surface area contributed by atoms with Gasteiger partial charge in [0.25, 0.3) is 0 Å². The summed E-state index contributed by atoms with van der Waals surface area (Å²) in [6.07, 6.45) is 3.70. The highest BCUT2D eigenvalue weighted by Crippen LogP contribution is 2.33. The lowest BCUT2D eigenvalue weighted by Gasteiger charge is -2.43. The molecular weight excluding hydrogens is 192 g/mol. The lowest BCUT2D eigenvalue weighted by atomic mass is 9.75. The molecule has 0 aromatic rings. The van der Waals surface area contributed by atoms with Crippen LogP contribution >= 0.6 is 0 Å². The molecule has 88 valence electrons. The Balaban J connectivity index is 1.90. The Morgan fingerprint density at radius 3 is 2.60 bits per heavy atom. The topological polar surface area (TPSA) is 78.5 Å². The van der Waals surface area contributed by atoms with Crippen LogP contribution in [0.15, 0.2) is 0 Å². The van der Waals surface area contributed by atoms with Crippen molar-refractivity contribution in [3.05, 3.63) is 0 Å². The van der Waals surface area contributed by atoms with E-state index in [1.807, 2.05) is 0 Å². The van der Waals surface area contributed by atoms with Gasteiger partial charge in [-0.2, -0.15) is 0 Å². The second kappa shape index (κ2) is 4.78. The summed E-state index contributed by atoms with van der Waals surface area (Å²) >= 11 is 0. The third-order valence-electron chi connectivity index (χ3n) is 3.90. The van der Waals surface area contributed by atoms with Gasteiger partial charge in [0.1, 0.15) is 0 Å². The number of piperidine rings is 1. The molecule has 0 aromatic heterocycles. The first-order chi connectivity index (χ1) is 7.20. The lowest BCUT2D eigenvalue weighted by molar-refractivity contribution is -0.0477. The predicted octanol–water partition coefficient (Wildman–Crippen LogP) is -0.412. The van der Waals surface area contributed by atoms with Crippen LogP contribution in [-0.4, -0.2) is 41.0 Å². The lowest BCUT2D eigenvalue weighted by Crippen LogP contribution is -2.54. The van der Waals surface area contributed by atoms with Crippen molar-refractivity contribution in [3.63, 3.8) is 0 Å². The highest BCUT2D eigenvalue weighted by atomic mass is 16.3. The zero-order valence-corrected chi connectivity index (χ0v) is 9.10. The Kier molecular flexibility index (Phi) is 3.61. The Morgan fingerprint density at radius 2 is 1.87 bits per heavy atom. The first-order valence-corrected chi connectivity index (χ1v) is 6.03. The molecule has 1 heterocycles. The number of aliphatic hydroxyl groups excluding tert-OH is 2. The number of hydrogen-bond donors (Lipinski definition) is 4. The van der Waals surface area contributed by atoms with Gasteiger partial charge in [-0.25, -0.2) is 0 Å². The maximum Gasteiger partial charge on any atom is 0.0814 e. The van der Waals surface area contributed by atoms with Crippen LogP contribution < -0.4 is 11.1 Å². The molecule has 4 heteroatoms. The normalized spacial score (nSPS) is 46.2. The Morgan fingerprint density at radius 1 is 1.13 bits per heavy atom.